The van der Waals surface area contributed by atoms with Gasteiger partial charge in [-0.2, -0.15) is 0 Å². The van der Waals surface area contributed by atoms with Crippen molar-refractivity contribution in [3.8, 4) is 43.8 Å². The van der Waals surface area contributed by atoms with Crippen molar-refractivity contribution in [1.29, 1.82) is 0 Å². The van der Waals surface area contributed by atoms with Crippen LogP contribution >= 0.6 is 11.3 Å². The highest BCUT2D eigenvalue weighted by molar-refractivity contribution is 7.22. The highest BCUT2D eigenvalue weighted by Gasteiger charge is 2.48. The molecule has 0 bridgehead atoms. The Morgan fingerprint density at radius 3 is 1.59 bits per heavy atom. The lowest BCUT2D eigenvalue weighted by molar-refractivity contribution is 0.777. The maximum atomic E-state index is 2.48. The standard InChI is InChI=1S/C61H41NS/c1-4-16-42(17-5-1)44-30-34-52(35-31-44)62(54-36-32-43-18-10-11-19-47(43)39-54)53-27-15-22-48(40-53)45-20-14-21-46(38-45)49-33-37-55-57(41-49)61(50-23-6-2-7-24-50,51-25-8-3-9-26-51)59-56-28-12-13-29-58(56)63-60(55)59/h1-41H. The molecule has 1 heterocycles. The lowest BCUT2D eigenvalue weighted by atomic mass is 9.67. The van der Waals surface area contributed by atoms with Crippen molar-refractivity contribution < 1.29 is 0 Å². The summed E-state index contributed by atoms with van der Waals surface area (Å²) in [5, 5.41) is 3.77. The summed E-state index contributed by atoms with van der Waals surface area (Å²) in [6.07, 6.45) is 0. The Morgan fingerprint density at radius 2 is 0.857 bits per heavy atom. The van der Waals surface area contributed by atoms with Crippen LogP contribution in [0.2, 0.25) is 0 Å². The molecule has 10 aromatic carbocycles. The van der Waals surface area contributed by atoms with E-state index in [9.17, 15) is 0 Å². The number of hydrogen-bond acceptors (Lipinski definition) is 2. The first-order chi connectivity index (χ1) is 31.2. The average Bonchev–Trinajstić information content (AvgIpc) is 3.88. The van der Waals surface area contributed by atoms with Crippen molar-refractivity contribution in [3.63, 3.8) is 0 Å². The van der Waals surface area contributed by atoms with E-state index in [0.717, 1.165) is 17.1 Å². The first-order valence-corrected chi connectivity index (χ1v) is 22.5. The van der Waals surface area contributed by atoms with Crippen molar-refractivity contribution in [1.82, 2.24) is 0 Å². The second-order valence-electron chi connectivity index (χ2n) is 16.5. The molecule has 0 saturated heterocycles. The summed E-state index contributed by atoms with van der Waals surface area (Å²) in [6, 6.07) is 91.4. The fraction of sp³-hybridized carbons (Fsp3) is 0.0164. The lowest BCUT2D eigenvalue weighted by Crippen LogP contribution is -2.28. The van der Waals surface area contributed by atoms with Gasteiger partial charge in [0.15, 0.2) is 0 Å². The molecular formula is C61H41NS. The number of thiophene rings is 1. The van der Waals surface area contributed by atoms with E-state index < -0.39 is 5.41 Å². The Labute approximate surface area is 372 Å². The summed E-state index contributed by atoms with van der Waals surface area (Å²) >= 11 is 1.92. The van der Waals surface area contributed by atoms with Crippen molar-refractivity contribution in [2.24, 2.45) is 0 Å². The summed E-state index contributed by atoms with van der Waals surface area (Å²) in [5.41, 5.74) is 16.6. The molecule has 12 rings (SSSR count). The van der Waals surface area contributed by atoms with Gasteiger partial charge in [-0.3, -0.25) is 0 Å². The number of fused-ring (bicyclic) bond motifs is 6. The Kier molecular flexibility index (Phi) is 8.98. The summed E-state index contributed by atoms with van der Waals surface area (Å²) in [4.78, 5) is 3.74. The first kappa shape index (κ1) is 37.0. The molecule has 296 valence electrons. The number of rotatable bonds is 8. The minimum atomic E-state index is -0.472. The summed E-state index contributed by atoms with van der Waals surface area (Å²) < 4.78 is 1.33. The zero-order valence-electron chi connectivity index (χ0n) is 34.5. The Hall–Kier alpha value is -7.78. The van der Waals surface area contributed by atoms with Crippen LogP contribution in [0.4, 0.5) is 17.1 Å². The van der Waals surface area contributed by atoms with Gasteiger partial charge in [-0.05, 0) is 132 Å². The predicted molar refractivity (Wildman–Crippen MR) is 268 cm³/mol. The largest absolute Gasteiger partial charge is 0.310 e. The molecular weight excluding hydrogens is 779 g/mol. The van der Waals surface area contributed by atoms with Crippen molar-refractivity contribution in [2.45, 2.75) is 5.41 Å². The Balaban J connectivity index is 0.977. The van der Waals surface area contributed by atoms with Gasteiger partial charge in [-0.1, -0.05) is 194 Å². The highest BCUT2D eigenvalue weighted by Crippen LogP contribution is 2.61. The number of hydrogen-bond donors (Lipinski definition) is 0. The normalized spacial score (nSPS) is 12.6. The van der Waals surface area contributed by atoms with Crippen molar-refractivity contribution in [3.05, 3.63) is 271 Å². The summed E-state index contributed by atoms with van der Waals surface area (Å²) in [7, 11) is 0. The van der Waals surface area contributed by atoms with E-state index in [4.69, 9.17) is 0 Å². The minimum Gasteiger partial charge on any atom is -0.310 e. The molecule has 0 saturated carbocycles. The number of benzene rings is 10. The van der Waals surface area contributed by atoms with E-state index in [1.165, 1.54) is 86.9 Å². The van der Waals surface area contributed by atoms with Crippen LogP contribution in [0, 0.1) is 0 Å². The van der Waals surface area contributed by atoms with Gasteiger partial charge in [0.25, 0.3) is 0 Å². The third-order valence-corrected chi connectivity index (χ3v) is 14.1. The van der Waals surface area contributed by atoms with Gasteiger partial charge in [0, 0.05) is 26.6 Å². The summed E-state index contributed by atoms with van der Waals surface area (Å²) in [5.74, 6) is 0. The average molecular weight is 820 g/mol. The van der Waals surface area contributed by atoms with Gasteiger partial charge >= 0.3 is 0 Å². The van der Waals surface area contributed by atoms with E-state index in [-0.39, 0.29) is 0 Å². The molecule has 11 aromatic rings. The second-order valence-corrected chi connectivity index (χ2v) is 17.5. The maximum absolute atomic E-state index is 2.48. The van der Waals surface area contributed by atoms with Crippen LogP contribution < -0.4 is 4.90 Å². The molecule has 0 spiro atoms. The molecule has 0 unspecified atom stereocenters. The van der Waals surface area contributed by atoms with E-state index in [1.54, 1.807) is 0 Å². The first-order valence-electron chi connectivity index (χ1n) is 21.7. The molecule has 0 atom stereocenters. The monoisotopic (exact) mass is 819 g/mol. The van der Waals surface area contributed by atoms with Crippen LogP contribution in [0.3, 0.4) is 0 Å². The third-order valence-electron chi connectivity index (χ3n) is 12.9. The summed E-state index contributed by atoms with van der Waals surface area (Å²) in [6.45, 7) is 0. The van der Waals surface area contributed by atoms with E-state index >= 15 is 0 Å². The van der Waals surface area contributed by atoms with Crippen LogP contribution in [-0.4, -0.2) is 0 Å². The molecule has 0 amide bonds. The van der Waals surface area contributed by atoms with E-state index in [1.807, 2.05) is 11.3 Å². The van der Waals surface area contributed by atoms with Crippen LogP contribution in [0.15, 0.2) is 249 Å². The van der Waals surface area contributed by atoms with Crippen LogP contribution in [0.5, 0.6) is 0 Å². The van der Waals surface area contributed by atoms with E-state index in [2.05, 4.69) is 254 Å². The smallest absolute Gasteiger partial charge is 0.0728 e. The number of anilines is 3. The zero-order chi connectivity index (χ0) is 41.7. The Morgan fingerprint density at radius 1 is 0.333 bits per heavy atom. The Bertz CT molecular complexity index is 3400. The van der Waals surface area contributed by atoms with Crippen LogP contribution in [0.1, 0.15) is 22.3 Å². The molecule has 1 aliphatic carbocycles. The van der Waals surface area contributed by atoms with Gasteiger partial charge in [0.1, 0.15) is 0 Å². The zero-order valence-corrected chi connectivity index (χ0v) is 35.3. The molecule has 1 aromatic heterocycles. The van der Waals surface area contributed by atoms with Crippen molar-refractivity contribution in [2.75, 3.05) is 4.90 Å². The van der Waals surface area contributed by atoms with Gasteiger partial charge in [0.05, 0.1) is 5.41 Å². The topological polar surface area (TPSA) is 3.24 Å². The molecule has 2 heteroatoms. The SMILES string of the molecule is c1ccc(-c2ccc(N(c3cccc(-c4cccc(-c5ccc6c(c5)C(c5ccccc5)(c5ccccc5)c5c-6sc6ccccc56)c4)c3)c3ccc4ccccc4c3)cc2)cc1. The molecule has 1 nitrogen and oxygen atoms in total. The van der Waals surface area contributed by atoms with Gasteiger partial charge in [-0.25, -0.2) is 0 Å². The fourth-order valence-electron chi connectivity index (χ4n) is 10.0. The van der Waals surface area contributed by atoms with Gasteiger partial charge in [0.2, 0.25) is 0 Å². The molecule has 0 radical (unpaired) electrons. The fourth-order valence-corrected chi connectivity index (χ4v) is 11.3. The predicted octanol–water partition coefficient (Wildman–Crippen LogP) is 16.9. The molecule has 63 heavy (non-hydrogen) atoms. The number of nitrogens with zero attached hydrogens (tertiary/aromatic N) is 1. The highest BCUT2D eigenvalue weighted by atomic mass is 32.1. The third kappa shape index (κ3) is 6.22. The second kappa shape index (κ2) is 15.3. The molecule has 1 aliphatic rings. The van der Waals surface area contributed by atoms with E-state index in [0.29, 0.717) is 0 Å². The molecule has 0 fully saturated rings. The van der Waals surface area contributed by atoms with Crippen molar-refractivity contribution >= 4 is 49.3 Å². The van der Waals surface area contributed by atoms with Crippen LogP contribution in [0.25, 0.3) is 64.7 Å². The quantitative estimate of drug-likeness (QED) is 0.148. The maximum Gasteiger partial charge on any atom is 0.0728 e. The van der Waals surface area contributed by atoms with Crippen LogP contribution in [-0.2, 0) is 5.41 Å². The van der Waals surface area contributed by atoms with Gasteiger partial charge < -0.3 is 4.90 Å². The van der Waals surface area contributed by atoms with Gasteiger partial charge in [-0.15, -0.1) is 11.3 Å². The molecule has 0 N–H and O–H groups in total. The molecule has 0 aliphatic heterocycles. The lowest BCUT2D eigenvalue weighted by Gasteiger charge is -2.34. The minimum absolute atomic E-state index is 0.472.